The van der Waals surface area contributed by atoms with Crippen molar-refractivity contribution in [3.63, 3.8) is 0 Å². The first-order chi connectivity index (χ1) is 10.2. The molecule has 2 aromatic rings. The van der Waals surface area contributed by atoms with E-state index >= 15 is 0 Å². The Kier molecular flexibility index (Phi) is 5.57. The minimum absolute atomic E-state index is 0.220. The van der Waals surface area contributed by atoms with E-state index in [4.69, 9.17) is 0 Å². The summed E-state index contributed by atoms with van der Waals surface area (Å²) in [6.45, 7) is 10.5. The molecular formula is C18H27N3. The van der Waals surface area contributed by atoms with Gasteiger partial charge in [0, 0.05) is 6.54 Å². The summed E-state index contributed by atoms with van der Waals surface area (Å²) in [5.74, 6) is 0. The fourth-order valence-electron chi connectivity index (χ4n) is 2.73. The zero-order valence-electron chi connectivity index (χ0n) is 13.7. The summed E-state index contributed by atoms with van der Waals surface area (Å²) in [6, 6.07) is 11.3. The average Bonchev–Trinajstić information content (AvgIpc) is 2.89. The van der Waals surface area contributed by atoms with Crippen molar-refractivity contribution in [3.8, 4) is 0 Å². The van der Waals surface area contributed by atoms with Crippen molar-refractivity contribution in [2.45, 2.75) is 53.1 Å². The highest BCUT2D eigenvalue weighted by atomic mass is 15.3. The first-order valence-corrected chi connectivity index (χ1v) is 8.06. The van der Waals surface area contributed by atoms with Gasteiger partial charge in [0.05, 0.1) is 17.4 Å². The zero-order valence-corrected chi connectivity index (χ0v) is 13.7. The fraction of sp³-hybridized carbons (Fsp3) is 0.500. The number of nitrogens with one attached hydrogen (secondary N) is 1. The first-order valence-electron chi connectivity index (χ1n) is 8.06. The molecule has 1 aromatic heterocycles. The van der Waals surface area contributed by atoms with Crippen LogP contribution in [0.2, 0.25) is 0 Å². The highest BCUT2D eigenvalue weighted by molar-refractivity contribution is 5.32. The van der Waals surface area contributed by atoms with Crippen molar-refractivity contribution < 1.29 is 0 Å². The van der Waals surface area contributed by atoms with Crippen LogP contribution >= 0.6 is 0 Å². The predicted octanol–water partition coefficient (Wildman–Crippen LogP) is 3.86. The Labute approximate surface area is 128 Å². The Hall–Kier alpha value is -1.61. The molecule has 1 heterocycles. The monoisotopic (exact) mass is 285 g/mol. The lowest BCUT2D eigenvalue weighted by atomic mass is 9.99. The molecule has 0 saturated heterocycles. The van der Waals surface area contributed by atoms with Crippen LogP contribution in [0.4, 0.5) is 0 Å². The van der Waals surface area contributed by atoms with Crippen LogP contribution in [0, 0.1) is 6.92 Å². The number of hydrogen-bond acceptors (Lipinski definition) is 2. The van der Waals surface area contributed by atoms with Crippen LogP contribution in [-0.2, 0) is 13.0 Å². The summed E-state index contributed by atoms with van der Waals surface area (Å²) in [7, 11) is 0. The molecule has 1 unspecified atom stereocenters. The third-order valence-corrected chi connectivity index (χ3v) is 3.82. The van der Waals surface area contributed by atoms with E-state index in [9.17, 15) is 0 Å². The molecule has 0 spiro atoms. The highest BCUT2D eigenvalue weighted by Crippen LogP contribution is 2.24. The van der Waals surface area contributed by atoms with Crippen LogP contribution in [0.25, 0.3) is 0 Å². The SMILES string of the molecule is CCCNC(c1cccc(CC)c1)c1cc(C)nn1CC. The van der Waals surface area contributed by atoms with Gasteiger partial charge in [-0.25, -0.2) is 0 Å². The number of hydrogen-bond donors (Lipinski definition) is 1. The molecule has 21 heavy (non-hydrogen) atoms. The minimum Gasteiger partial charge on any atom is -0.305 e. The molecule has 1 N–H and O–H groups in total. The summed E-state index contributed by atoms with van der Waals surface area (Å²) in [5, 5.41) is 8.28. The van der Waals surface area contributed by atoms with Gasteiger partial charge in [0.2, 0.25) is 0 Å². The first kappa shape index (κ1) is 15.8. The molecule has 0 amide bonds. The van der Waals surface area contributed by atoms with E-state index in [-0.39, 0.29) is 6.04 Å². The highest BCUT2D eigenvalue weighted by Gasteiger charge is 2.18. The molecule has 0 bridgehead atoms. The molecule has 0 radical (unpaired) electrons. The van der Waals surface area contributed by atoms with Crippen LogP contribution in [0.1, 0.15) is 55.7 Å². The topological polar surface area (TPSA) is 29.9 Å². The van der Waals surface area contributed by atoms with Crippen LogP contribution in [-0.4, -0.2) is 16.3 Å². The van der Waals surface area contributed by atoms with Crippen molar-refractivity contribution in [2.24, 2.45) is 0 Å². The third-order valence-electron chi connectivity index (χ3n) is 3.82. The van der Waals surface area contributed by atoms with Gasteiger partial charge >= 0.3 is 0 Å². The summed E-state index contributed by atoms with van der Waals surface area (Å²) in [5.41, 5.74) is 5.06. The van der Waals surface area contributed by atoms with Gasteiger partial charge < -0.3 is 5.32 Å². The Balaban J connectivity index is 2.41. The maximum absolute atomic E-state index is 4.60. The number of aryl methyl sites for hydroxylation is 3. The van der Waals surface area contributed by atoms with E-state index in [2.05, 4.69) is 73.1 Å². The van der Waals surface area contributed by atoms with Crippen LogP contribution in [0.5, 0.6) is 0 Å². The summed E-state index contributed by atoms with van der Waals surface area (Å²) < 4.78 is 2.11. The molecule has 1 atom stereocenters. The van der Waals surface area contributed by atoms with Crippen molar-refractivity contribution in [1.29, 1.82) is 0 Å². The second kappa shape index (κ2) is 7.41. The molecule has 0 aliphatic heterocycles. The van der Waals surface area contributed by atoms with E-state index in [1.807, 2.05) is 0 Å². The van der Waals surface area contributed by atoms with Crippen molar-refractivity contribution >= 4 is 0 Å². The van der Waals surface area contributed by atoms with Gasteiger partial charge in [-0.1, -0.05) is 38.1 Å². The second-order valence-electron chi connectivity index (χ2n) is 5.51. The molecule has 0 fully saturated rings. The molecule has 1 aromatic carbocycles. The smallest absolute Gasteiger partial charge is 0.0748 e. The quantitative estimate of drug-likeness (QED) is 0.837. The standard InChI is InChI=1S/C18H27N3/c1-5-11-19-18(16-10-8-9-15(6-2)13-16)17-12-14(4)20-21(17)7-3/h8-10,12-13,18-19H,5-7,11H2,1-4H3. The molecule has 3 nitrogen and oxygen atoms in total. The van der Waals surface area contributed by atoms with Crippen molar-refractivity contribution in [1.82, 2.24) is 15.1 Å². The maximum atomic E-state index is 4.60. The lowest BCUT2D eigenvalue weighted by Gasteiger charge is -2.20. The van der Waals surface area contributed by atoms with E-state index in [0.29, 0.717) is 0 Å². The molecule has 3 heteroatoms. The van der Waals surface area contributed by atoms with Crippen LogP contribution in [0.3, 0.4) is 0 Å². The van der Waals surface area contributed by atoms with Gasteiger partial charge in [-0.15, -0.1) is 0 Å². The summed E-state index contributed by atoms with van der Waals surface area (Å²) in [6.07, 6.45) is 2.20. The van der Waals surface area contributed by atoms with E-state index in [1.54, 1.807) is 0 Å². The average molecular weight is 285 g/mol. The number of rotatable bonds is 7. The lowest BCUT2D eigenvalue weighted by Crippen LogP contribution is -2.25. The number of aromatic nitrogens is 2. The van der Waals surface area contributed by atoms with Gasteiger partial charge in [-0.2, -0.15) is 5.10 Å². The Morgan fingerprint density at radius 1 is 1.19 bits per heavy atom. The predicted molar refractivity (Wildman–Crippen MR) is 88.6 cm³/mol. The normalized spacial score (nSPS) is 12.6. The molecule has 0 saturated carbocycles. The van der Waals surface area contributed by atoms with Crippen LogP contribution in [0.15, 0.2) is 30.3 Å². The summed E-state index contributed by atoms with van der Waals surface area (Å²) in [4.78, 5) is 0. The van der Waals surface area contributed by atoms with Gasteiger partial charge in [-0.3, -0.25) is 4.68 Å². The van der Waals surface area contributed by atoms with E-state index in [0.717, 1.165) is 31.6 Å². The molecule has 0 aliphatic rings. The Morgan fingerprint density at radius 2 is 2.00 bits per heavy atom. The van der Waals surface area contributed by atoms with Crippen molar-refractivity contribution in [2.75, 3.05) is 6.54 Å². The fourth-order valence-corrected chi connectivity index (χ4v) is 2.73. The van der Waals surface area contributed by atoms with Crippen LogP contribution < -0.4 is 5.32 Å². The van der Waals surface area contributed by atoms with Gasteiger partial charge in [-0.05, 0) is 50.4 Å². The number of nitrogens with zero attached hydrogens (tertiary/aromatic N) is 2. The van der Waals surface area contributed by atoms with Gasteiger partial charge in [0.15, 0.2) is 0 Å². The minimum atomic E-state index is 0.220. The number of benzene rings is 1. The Morgan fingerprint density at radius 3 is 2.67 bits per heavy atom. The molecule has 0 aliphatic carbocycles. The largest absolute Gasteiger partial charge is 0.305 e. The summed E-state index contributed by atoms with van der Waals surface area (Å²) >= 11 is 0. The van der Waals surface area contributed by atoms with Crippen molar-refractivity contribution in [3.05, 3.63) is 52.8 Å². The second-order valence-corrected chi connectivity index (χ2v) is 5.51. The van der Waals surface area contributed by atoms with Gasteiger partial charge in [0.1, 0.15) is 0 Å². The van der Waals surface area contributed by atoms with E-state index < -0.39 is 0 Å². The molecular weight excluding hydrogens is 258 g/mol. The maximum Gasteiger partial charge on any atom is 0.0748 e. The lowest BCUT2D eigenvalue weighted by molar-refractivity contribution is 0.528. The molecule has 114 valence electrons. The third kappa shape index (κ3) is 3.73. The zero-order chi connectivity index (χ0) is 15.2. The molecule has 2 rings (SSSR count). The van der Waals surface area contributed by atoms with E-state index in [1.165, 1.54) is 16.8 Å². The Bertz CT molecular complexity index is 572. The van der Waals surface area contributed by atoms with Gasteiger partial charge in [0.25, 0.3) is 0 Å².